The molecule has 0 amide bonds. The first-order valence-corrected chi connectivity index (χ1v) is 7.45. The fourth-order valence-electron chi connectivity index (χ4n) is 2.19. The molecule has 0 aromatic carbocycles. The summed E-state index contributed by atoms with van der Waals surface area (Å²) < 4.78 is 0. The van der Waals surface area contributed by atoms with E-state index in [4.69, 9.17) is 6.42 Å². The van der Waals surface area contributed by atoms with Crippen LogP contribution < -0.4 is 5.32 Å². The monoisotopic (exact) mass is 237 g/mol. The SMILES string of the molecule is C#CCC(CCCCCCCCCCC)NC. The van der Waals surface area contributed by atoms with Crippen molar-refractivity contribution < 1.29 is 0 Å². The summed E-state index contributed by atoms with van der Waals surface area (Å²) in [5.74, 6) is 2.74. The third-order valence-electron chi connectivity index (χ3n) is 3.43. The van der Waals surface area contributed by atoms with Crippen LogP contribution in [0.2, 0.25) is 0 Å². The number of nitrogens with one attached hydrogen (secondary N) is 1. The summed E-state index contributed by atoms with van der Waals surface area (Å²) in [6.45, 7) is 2.27. The van der Waals surface area contributed by atoms with Gasteiger partial charge in [-0.15, -0.1) is 12.3 Å². The van der Waals surface area contributed by atoms with Crippen LogP contribution in [-0.2, 0) is 0 Å². The van der Waals surface area contributed by atoms with Gasteiger partial charge in [-0.25, -0.2) is 0 Å². The van der Waals surface area contributed by atoms with Gasteiger partial charge in [0.15, 0.2) is 0 Å². The number of hydrogen-bond acceptors (Lipinski definition) is 1. The van der Waals surface area contributed by atoms with Crippen molar-refractivity contribution in [3.05, 3.63) is 0 Å². The molecule has 0 aromatic heterocycles. The Morgan fingerprint density at radius 3 is 1.94 bits per heavy atom. The minimum atomic E-state index is 0.532. The molecule has 0 fully saturated rings. The largest absolute Gasteiger partial charge is 0.316 e. The lowest BCUT2D eigenvalue weighted by molar-refractivity contribution is 0.486. The van der Waals surface area contributed by atoms with Gasteiger partial charge in [0.25, 0.3) is 0 Å². The Hall–Kier alpha value is -0.480. The first-order chi connectivity index (χ1) is 8.35. The van der Waals surface area contributed by atoms with E-state index < -0.39 is 0 Å². The number of hydrogen-bond donors (Lipinski definition) is 1. The minimum Gasteiger partial charge on any atom is -0.316 e. The zero-order valence-corrected chi connectivity index (χ0v) is 11.9. The minimum absolute atomic E-state index is 0.532. The van der Waals surface area contributed by atoms with Crippen LogP contribution >= 0.6 is 0 Å². The molecule has 1 unspecified atom stereocenters. The standard InChI is InChI=1S/C16H31N/c1-4-6-7-8-9-10-11-12-13-15-16(17-3)14-5-2/h2,16-17H,4,6-15H2,1,3H3. The van der Waals surface area contributed by atoms with E-state index in [1.165, 1.54) is 64.2 Å². The van der Waals surface area contributed by atoms with E-state index in [0.717, 1.165) is 6.42 Å². The molecule has 100 valence electrons. The maximum absolute atomic E-state index is 5.32. The second-order valence-electron chi connectivity index (χ2n) is 5.01. The fraction of sp³-hybridized carbons (Fsp3) is 0.875. The van der Waals surface area contributed by atoms with E-state index in [1.54, 1.807) is 0 Å². The maximum atomic E-state index is 5.32. The predicted molar refractivity (Wildman–Crippen MR) is 78.1 cm³/mol. The molecule has 0 saturated heterocycles. The second kappa shape index (κ2) is 13.6. The summed E-state index contributed by atoms with van der Waals surface area (Å²) in [7, 11) is 2.01. The highest BCUT2D eigenvalue weighted by Crippen LogP contribution is 2.11. The Labute approximate surface area is 109 Å². The smallest absolute Gasteiger partial charge is 0.0240 e. The Morgan fingerprint density at radius 2 is 1.47 bits per heavy atom. The molecule has 1 heteroatoms. The van der Waals surface area contributed by atoms with Gasteiger partial charge in [-0.3, -0.25) is 0 Å². The quantitative estimate of drug-likeness (QED) is 0.389. The maximum Gasteiger partial charge on any atom is 0.0240 e. The molecule has 0 bridgehead atoms. The van der Waals surface area contributed by atoms with Gasteiger partial charge >= 0.3 is 0 Å². The molecular weight excluding hydrogens is 206 g/mol. The summed E-state index contributed by atoms with van der Waals surface area (Å²) in [5, 5.41) is 3.29. The fourth-order valence-corrected chi connectivity index (χ4v) is 2.19. The van der Waals surface area contributed by atoms with E-state index in [1.807, 2.05) is 7.05 Å². The van der Waals surface area contributed by atoms with Crippen LogP contribution in [0.15, 0.2) is 0 Å². The Balaban J connectivity index is 3.15. The van der Waals surface area contributed by atoms with Crippen LogP contribution in [0.3, 0.4) is 0 Å². The molecule has 0 heterocycles. The van der Waals surface area contributed by atoms with Gasteiger partial charge in [0.05, 0.1) is 0 Å². The molecule has 0 spiro atoms. The van der Waals surface area contributed by atoms with Crippen molar-refractivity contribution in [3.63, 3.8) is 0 Å². The first-order valence-electron chi connectivity index (χ1n) is 7.45. The molecule has 0 aromatic rings. The zero-order valence-electron chi connectivity index (χ0n) is 11.9. The Bertz CT molecular complexity index is 180. The van der Waals surface area contributed by atoms with Crippen molar-refractivity contribution in [3.8, 4) is 12.3 Å². The van der Waals surface area contributed by atoms with Gasteiger partial charge in [0.2, 0.25) is 0 Å². The van der Waals surface area contributed by atoms with Crippen molar-refractivity contribution >= 4 is 0 Å². The predicted octanol–water partition coefficient (Wildman–Crippen LogP) is 4.52. The van der Waals surface area contributed by atoms with Gasteiger partial charge < -0.3 is 5.32 Å². The van der Waals surface area contributed by atoms with Crippen molar-refractivity contribution in [2.24, 2.45) is 0 Å². The van der Waals surface area contributed by atoms with Crippen molar-refractivity contribution in [1.82, 2.24) is 5.32 Å². The number of unbranched alkanes of at least 4 members (excludes halogenated alkanes) is 8. The average Bonchev–Trinajstić information content (AvgIpc) is 2.35. The van der Waals surface area contributed by atoms with E-state index in [9.17, 15) is 0 Å². The van der Waals surface area contributed by atoms with Crippen LogP contribution in [0.5, 0.6) is 0 Å². The molecule has 1 N–H and O–H groups in total. The van der Waals surface area contributed by atoms with E-state index in [2.05, 4.69) is 18.2 Å². The van der Waals surface area contributed by atoms with Crippen molar-refractivity contribution in [2.75, 3.05) is 7.05 Å². The molecule has 17 heavy (non-hydrogen) atoms. The highest BCUT2D eigenvalue weighted by molar-refractivity contribution is 4.89. The van der Waals surface area contributed by atoms with Gasteiger partial charge in [-0.05, 0) is 13.5 Å². The van der Waals surface area contributed by atoms with Crippen molar-refractivity contribution in [1.29, 1.82) is 0 Å². The van der Waals surface area contributed by atoms with Gasteiger partial charge in [0.1, 0.15) is 0 Å². The summed E-state index contributed by atoms with van der Waals surface area (Å²) in [5.41, 5.74) is 0. The molecule has 0 aliphatic carbocycles. The normalized spacial score (nSPS) is 12.3. The number of rotatable bonds is 12. The molecular formula is C16H31N. The lowest BCUT2D eigenvalue weighted by Crippen LogP contribution is -2.24. The lowest BCUT2D eigenvalue weighted by Gasteiger charge is -2.12. The Kier molecular flexibility index (Phi) is 13.2. The van der Waals surface area contributed by atoms with E-state index >= 15 is 0 Å². The van der Waals surface area contributed by atoms with E-state index in [-0.39, 0.29) is 0 Å². The topological polar surface area (TPSA) is 12.0 Å². The zero-order chi connectivity index (χ0) is 12.8. The molecule has 0 radical (unpaired) electrons. The Morgan fingerprint density at radius 1 is 0.941 bits per heavy atom. The number of terminal acetylenes is 1. The van der Waals surface area contributed by atoms with Gasteiger partial charge in [-0.2, -0.15) is 0 Å². The first kappa shape index (κ1) is 16.5. The van der Waals surface area contributed by atoms with Crippen LogP contribution in [0.1, 0.15) is 77.6 Å². The van der Waals surface area contributed by atoms with Gasteiger partial charge in [-0.1, -0.05) is 64.7 Å². The molecule has 1 nitrogen and oxygen atoms in total. The van der Waals surface area contributed by atoms with Gasteiger partial charge in [0, 0.05) is 12.5 Å². The van der Waals surface area contributed by atoms with Crippen LogP contribution in [0.4, 0.5) is 0 Å². The molecule has 1 atom stereocenters. The summed E-state index contributed by atoms with van der Waals surface area (Å²) in [4.78, 5) is 0. The summed E-state index contributed by atoms with van der Waals surface area (Å²) >= 11 is 0. The third kappa shape index (κ3) is 11.8. The van der Waals surface area contributed by atoms with Crippen LogP contribution in [0.25, 0.3) is 0 Å². The van der Waals surface area contributed by atoms with Crippen LogP contribution in [-0.4, -0.2) is 13.1 Å². The van der Waals surface area contributed by atoms with E-state index in [0.29, 0.717) is 6.04 Å². The molecule has 0 aliphatic rings. The summed E-state index contributed by atoms with van der Waals surface area (Å²) in [6.07, 6.45) is 20.0. The summed E-state index contributed by atoms with van der Waals surface area (Å²) in [6, 6.07) is 0.532. The lowest BCUT2D eigenvalue weighted by atomic mass is 10.0. The molecule has 0 saturated carbocycles. The van der Waals surface area contributed by atoms with Crippen LogP contribution in [0, 0.1) is 12.3 Å². The molecule has 0 aliphatic heterocycles. The molecule has 0 rings (SSSR count). The average molecular weight is 237 g/mol. The highest BCUT2D eigenvalue weighted by Gasteiger charge is 2.02. The van der Waals surface area contributed by atoms with Crippen molar-refractivity contribution in [2.45, 2.75) is 83.6 Å². The highest BCUT2D eigenvalue weighted by atomic mass is 14.9. The second-order valence-corrected chi connectivity index (χ2v) is 5.01. The third-order valence-corrected chi connectivity index (χ3v) is 3.43.